The highest BCUT2D eigenvalue weighted by Crippen LogP contribution is 2.36. The van der Waals surface area contributed by atoms with E-state index in [0.29, 0.717) is 29.8 Å². The SMILES string of the molecule is C[C@H](CC/C=C/C(=O)NO)[C@@H](OC(=O)Nc1cccc2ccccc12)c1ccccc1OCCO. The third kappa shape index (κ3) is 7.30. The maximum absolute atomic E-state index is 13.0. The molecule has 35 heavy (non-hydrogen) atoms. The topological polar surface area (TPSA) is 117 Å². The predicted molar refractivity (Wildman–Crippen MR) is 133 cm³/mol. The van der Waals surface area contributed by atoms with Crippen LogP contribution in [0.1, 0.15) is 31.4 Å². The van der Waals surface area contributed by atoms with Gasteiger partial charge in [-0.25, -0.2) is 10.3 Å². The number of aliphatic hydroxyl groups excluding tert-OH is 1. The van der Waals surface area contributed by atoms with Gasteiger partial charge in [0.15, 0.2) is 0 Å². The van der Waals surface area contributed by atoms with Gasteiger partial charge < -0.3 is 14.6 Å². The summed E-state index contributed by atoms with van der Waals surface area (Å²) >= 11 is 0. The van der Waals surface area contributed by atoms with Gasteiger partial charge in [0.2, 0.25) is 0 Å². The zero-order valence-corrected chi connectivity index (χ0v) is 19.5. The summed E-state index contributed by atoms with van der Waals surface area (Å²) in [5.74, 6) is -0.233. The standard InChI is InChI=1S/C27H30N2O6/c1-19(9-2-7-16-25(31)29-33)26(22-13-5-6-15-24(22)34-18-17-30)35-27(32)28-23-14-8-11-20-10-3-4-12-21(20)23/h3-8,10-16,19,26,30,33H,2,9,17-18H2,1H3,(H,28,32)(H,29,31)/b16-7+/t19-,26-/m1/s1. The number of hydroxylamine groups is 1. The second kappa shape index (κ2) is 13.1. The van der Waals surface area contributed by atoms with Gasteiger partial charge in [0, 0.05) is 17.0 Å². The molecule has 0 spiro atoms. The highest BCUT2D eigenvalue weighted by Gasteiger charge is 2.26. The van der Waals surface area contributed by atoms with E-state index in [2.05, 4.69) is 5.32 Å². The summed E-state index contributed by atoms with van der Waals surface area (Å²) in [4.78, 5) is 24.2. The number of rotatable bonds is 11. The molecule has 2 atom stereocenters. The lowest BCUT2D eigenvalue weighted by atomic mass is 9.92. The first-order chi connectivity index (χ1) is 17.0. The third-order valence-electron chi connectivity index (χ3n) is 5.52. The molecule has 3 aromatic rings. The van der Waals surface area contributed by atoms with Crippen LogP contribution >= 0.6 is 0 Å². The smallest absolute Gasteiger partial charge is 0.412 e. The second-order valence-corrected chi connectivity index (χ2v) is 8.02. The Morgan fingerprint density at radius 2 is 1.77 bits per heavy atom. The van der Waals surface area contributed by atoms with Crippen LogP contribution in [0.4, 0.5) is 10.5 Å². The summed E-state index contributed by atoms with van der Waals surface area (Å²) in [6.45, 7) is 1.91. The Morgan fingerprint density at radius 3 is 2.57 bits per heavy atom. The lowest BCUT2D eigenvalue weighted by Crippen LogP contribution is -2.23. The maximum atomic E-state index is 13.0. The molecule has 0 aliphatic heterocycles. The molecular weight excluding hydrogens is 448 g/mol. The summed E-state index contributed by atoms with van der Waals surface area (Å²) in [5, 5.41) is 22.6. The molecule has 0 saturated heterocycles. The van der Waals surface area contributed by atoms with Crippen molar-refractivity contribution >= 4 is 28.5 Å². The molecular formula is C27H30N2O6. The average Bonchev–Trinajstić information content (AvgIpc) is 2.88. The number of amides is 2. The van der Waals surface area contributed by atoms with Crippen molar-refractivity contribution in [1.82, 2.24) is 5.48 Å². The zero-order chi connectivity index (χ0) is 25.0. The number of anilines is 1. The maximum Gasteiger partial charge on any atom is 0.412 e. The predicted octanol–water partition coefficient (Wildman–Crippen LogP) is 4.98. The van der Waals surface area contributed by atoms with Crippen molar-refractivity contribution in [2.45, 2.75) is 25.9 Å². The molecule has 8 heteroatoms. The molecule has 0 fully saturated rings. The lowest BCUT2D eigenvalue weighted by Gasteiger charge is -2.26. The molecule has 0 unspecified atom stereocenters. The number of carbonyl (C=O) groups is 2. The Morgan fingerprint density at radius 1 is 1.03 bits per heavy atom. The fourth-order valence-electron chi connectivity index (χ4n) is 3.82. The number of ether oxygens (including phenoxy) is 2. The number of hydrogen-bond acceptors (Lipinski definition) is 6. The Balaban J connectivity index is 1.81. The highest BCUT2D eigenvalue weighted by molar-refractivity contribution is 6.00. The Labute approximate surface area is 204 Å². The molecule has 0 bridgehead atoms. The van der Waals surface area contributed by atoms with Crippen LogP contribution in [-0.4, -0.2) is 35.5 Å². The molecule has 184 valence electrons. The Bertz CT molecular complexity index is 1160. The van der Waals surface area contributed by atoms with E-state index in [1.54, 1.807) is 17.6 Å². The normalized spacial score (nSPS) is 12.8. The zero-order valence-electron chi connectivity index (χ0n) is 19.5. The van der Waals surface area contributed by atoms with Gasteiger partial charge >= 0.3 is 6.09 Å². The number of hydrogen-bond donors (Lipinski definition) is 4. The molecule has 0 heterocycles. The first-order valence-electron chi connectivity index (χ1n) is 11.4. The highest BCUT2D eigenvalue weighted by atomic mass is 16.6. The van der Waals surface area contributed by atoms with Crippen molar-refractivity contribution in [1.29, 1.82) is 0 Å². The largest absolute Gasteiger partial charge is 0.491 e. The molecule has 3 rings (SSSR count). The first kappa shape index (κ1) is 25.7. The molecule has 0 aliphatic carbocycles. The minimum atomic E-state index is -0.653. The Hall–Kier alpha value is -3.88. The number of nitrogens with one attached hydrogen (secondary N) is 2. The van der Waals surface area contributed by atoms with E-state index in [9.17, 15) is 14.7 Å². The molecule has 3 aromatic carbocycles. The Kier molecular flexibility index (Phi) is 9.65. The van der Waals surface area contributed by atoms with E-state index in [1.165, 1.54) is 6.08 Å². The number of aliphatic hydroxyl groups is 1. The van der Waals surface area contributed by atoms with E-state index in [1.807, 2.05) is 67.6 Å². The number of para-hydroxylation sites is 1. The van der Waals surface area contributed by atoms with Crippen LogP contribution in [0.3, 0.4) is 0 Å². The van der Waals surface area contributed by atoms with Crippen LogP contribution in [0.5, 0.6) is 5.75 Å². The van der Waals surface area contributed by atoms with Crippen LogP contribution in [0.2, 0.25) is 0 Å². The van der Waals surface area contributed by atoms with Crippen LogP contribution < -0.4 is 15.5 Å². The van der Waals surface area contributed by atoms with Crippen molar-refractivity contribution < 1.29 is 29.4 Å². The number of benzene rings is 3. The number of fused-ring (bicyclic) bond motifs is 1. The van der Waals surface area contributed by atoms with Crippen molar-refractivity contribution in [3.8, 4) is 5.75 Å². The number of carbonyl (C=O) groups excluding carboxylic acids is 2. The van der Waals surface area contributed by atoms with Crippen molar-refractivity contribution in [2.75, 3.05) is 18.5 Å². The van der Waals surface area contributed by atoms with Crippen LogP contribution in [-0.2, 0) is 9.53 Å². The third-order valence-corrected chi connectivity index (χ3v) is 5.52. The van der Waals surface area contributed by atoms with Gasteiger partial charge in [0.05, 0.1) is 12.3 Å². The minimum Gasteiger partial charge on any atom is -0.491 e. The van der Waals surface area contributed by atoms with Crippen LogP contribution in [0, 0.1) is 5.92 Å². The fraction of sp³-hybridized carbons (Fsp3) is 0.259. The van der Waals surface area contributed by atoms with E-state index in [4.69, 9.17) is 14.7 Å². The number of allylic oxidation sites excluding steroid dienone is 1. The van der Waals surface area contributed by atoms with E-state index >= 15 is 0 Å². The fourth-order valence-corrected chi connectivity index (χ4v) is 3.82. The van der Waals surface area contributed by atoms with Gasteiger partial charge in [-0.05, 0) is 36.3 Å². The molecule has 8 nitrogen and oxygen atoms in total. The van der Waals surface area contributed by atoms with E-state index in [-0.39, 0.29) is 19.1 Å². The minimum absolute atomic E-state index is 0.110. The molecule has 0 aromatic heterocycles. The molecule has 2 amide bonds. The first-order valence-corrected chi connectivity index (χ1v) is 11.4. The summed E-state index contributed by atoms with van der Waals surface area (Å²) < 4.78 is 11.6. The van der Waals surface area contributed by atoms with Crippen LogP contribution in [0.25, 0.3) is 10.8 Å². The lowest BCUT2D eigenvalue weighted by molar-refractivity contribution is -0.124. The summed E-state index contributed by atoms with van der Waals surface area (Å²) in [5.41, 5.74) is 2.87. The molecule has 0 aliphatic rings. The van der Waals surface area contributed by atoms with Gasteiger partial charge in [-0.2, -0.15) is 0 Å². The second-order valence-electron chi connectivity index (χ2n) is 8.02. The van der Waals surface area contributed by atoms with Gasteiger partial charge in [-0.15, -0.1) is 0 Å². The van der Waals surface area contributed by atoms with E-state index < -0.39 is 18.1 Å². The monoisotopic (exact) mass is 478 g/mol. The molecule has 0 radical (unpaired) electrons. The van der Waals surface area contributed by atoms with Crippen molar-refractivity contribution in [3.63, 3.8) is 0 Å². The van der Waals surface area contributed by atoms with Crippen molar-refractivity contribution in [2.24, 2.45) is 5.92 Å². The van der Waals surface area contributed by atoms with Gasteiger partial charge in [-0.1, -0.05) is 67.6 Å². The summed E-state index contributed by atoms with van der Waals surface area (Å²) in [6.07, 6.45) is 2.75. The van der Waals surface area contributed by atoms with Gasteiger partial charge in [0.1, 0.15) is 18.5 Å². The molecule has 4 N–H and O–H groups in total. The quantitative estimate of drug-likeness (QED) is 0.175. The van der Waals surface area contributed by atoms with Crippen molar-refractivity contribution in [3.05, 3.63) is 84.4 Å². The molecule has 0 saturated carbocycles. The van der Waals surface area contributed by atoms with Crippen LogP contribution in [0.15, 0.2) is 78.9 Å². The summed E-state index contributed by atoms with van der Waals surface area (Å²) in [6, 6.07) is 20.6. The average molecular weight is 479 g/mol. The van der Waals surface area contributed by atoms with Gasteiger partial charge in [0.25, 0.3) is 5.91 Å². The summed E-state index contributed by atoms with van der Waals surface area (Å²) in [7, 11) is 0. The van der Waals surface area contributed by atoms with E-state index in [0.717, 1.165) is 10.8 Å². The van der Waals surface area contributed by atoms with Gasteiger partial charge in [-0.3, -0.25) is 15.3 Å².